The molecule has 0 aliphatic carbocycles. The van der Waals surface area contributed by atoms with Gasteiger partial charge in [0.05, 0.1) is 12.2 Å². The summed E-state index contributed by atoms with van der Waals surface area (Å²) in [7, 11) is 0. The van der Waals surface area contributed by atoms with Crippen molar-refractivity contribution < 1.29 is 23.7 Å². The lowest BCUT2D eigenvalue weighted by molar-refractivity contribution is -0.0506. The Balaban J connectivity index is 2.68. The first-order valence-corrected chi connectivity index (χ1v) is 6.40. The fourth-order valence-corrected chi connectivity index (χ4v) is 1.83. The van der Waals surface area contributed by atoms with Gasteiger partial charge in [-0.05, 0) is 25.1 Å². The summed E-state index contributed by atoms with van der Waals surface area (Å²) in [5.74, 6) is 0.0781. The van der Waals surface area contributed by atoms with Gasteiger partial charge >= 0.3 is 6.61 Å². The Morgan fingerprint density at radius 2 is 2.16 bits per heavy atom. The molecule has 1 rings (SSSR count). The molecule has 108 valence electrons. The summed E-state index contributed by atoms with van der Waals surface area (Å²) < 4.78 is 29.6. The van der Waals surface area contributed by atoms with Crippen molar-refractivity contribution in [1.29, 1.82) is 0 Å². The van der Waals surface area contributed by atoms with Crippen LogP contribution in [0, 0.1) is 0 Å². The molecule has 1 unspecified atom stereocenters. The smallest absolute Gasteiger partial charge is 0.387 e. The molecule has 0 heterocycles. The Kier molecular flexibility index (Phi) is 6.12. The van der Waals surface area contributed by atoms with E-state index in [4.69, 9.17) is 5.11 Å². The third-order valence-corrected chi connectivity index (χ3v) is 2.89. The average molecular weight is 340 g/mol. The Morgan fingerprint density at radius 3 is 2.74 bits per heavy atom. The molecule has 7 heteroatoms. The molecule has 3 N–H and O–H groups in total. The van der Waals surface area contributed by atoms with Gasteiger partial charge in [-0.25, -0.2) is 0 Å². The molecule has 1 aromatic carbocycles. The van der Waals surface area contributed by atoms with Crippen molar-refractivity contribution in [3.63, 3.8) is 0 Å². The summed E-state index contributed by atoms with van der Waals surface area (Å²) in [6.07, 6.45) is 0. The molecule has 0 aromatic heterocycles. The topological polar surface area (TPSA) is 61.7 Å². The number of hydrogen-bond acceptors (Lipinski definition) is 4. The fourth-order valence-electron chi connectivity index (χ4n) is 1.42. The van der Waals surface area contributed by atoms with Crippen molar-refractivity contribution in [2.45, 2.75) is 25.7 Å². The monoisotopic (exact) mass is 339 g/mol. The van der Waals surface area contributed by atoms with Gasteiger partial charge in [0.25, 0.3) is 0 Å². The molecule has 0 aliphatic heterocycles. The van der Waals surface area contributed by atoms with Crippen molar-refractivity contribution >= 4 is 15.9 Å². The number of hydrogen-bond donors (Lipinski definition) is 3. The van der Waals surface area contributed by atoms with Gasteiger partial charge in [0, 0.05) is 23.1 Å². The molecule has 0 saturated carbocycles. The van der Waals surface area contributed by atoms with Crippen LogP contribution in [0.25, 0.3) is 0 Å². The quantitative estimate of drug-likeness (QED) is 0.709. The largest absolute Gasteiger partial charge is 0.434 e. The number of benzene rings is 1. The summed E-state index contributed by atoms with van der Waals surface area (Å²) >= 11 is 3.25. The number of alkyl halides is 2. The highest BCUT2D eigenvalue weighted by Gasteiger charge is 2.18. The van der Waals surface area contributed by atoms with Crippen LogP contribution in [0.5, 0.6) is 5.75 Å². The number of halogens is 3. The van der Waals surface area contributed by atoms with E-state index < -0.39 is 18.8 Å². The molecule has 1 aromatic rings. The Labute approximate surface area is 118 Å². The highest BCUT2D eigenvalue weighted by atomic mass is 79.9. The molecular formula is C12H16BrF2NO3. The zero-order valence-electron chi connectivity index (χ0n) is 10.4. The SMILES string of the molecule is CC(O)(CO)CNCc1cc(Br)ccc1OC(F)F. The van der Waals surface area contributed by atoms with E-state index in [1.165, 1.54) is 13.0 Å². The lowest BCUT2D eigenvalue weighted by Gasteiger charge is -2.21. The van der Waals surface area contributed by atoms with Gasteiger partial charge in [-0.3, -0.25) is 0 Å². The second-order valence-corrected chi connectivity index (χ2v) is 5.30. The van der Waals surface area contributed by atoms with E-state index in [0.717, 1.165) is 4.47 Å². The van der Waals surface area contributed by atoms with Crippen LogP contribution in [0.4, 0.5) is 8.78 Å². The van der Waals surface area contributed by atoms with E-state index in [1.807, 2.05) is 0 Å². The predicted molar refractivity (Wildman–Crippen MR) is 70.2 cm³/mol. The average Bonchev–Trinajstić information content (AvgIpc) is 2.32. The Hall–Kier alpha value is -0.760. The summed E-state index contributed by atoms with van der Waals surface area (Å²) in [6.45, 7) is -1.45. The van der Waals surface area contributed by atoms with Gasteiger partial charge in [-0.15, -0.1) is 0 Å². The van der Waals surface area contributed by atoms with E-state index in [9.17, 15) is 13.9 Å². The van der Waals surface area contributed by atoms with Gasteiger partial charge in [-0.2, -0.15) is 8.78 Å². The zero-order chi connectivity index (χ0) is 14.5. The highest BCUT2D eigenvalue weighted by molar-refractivity contribution is 9.10. The number of nitrogens with one attached hydrogen (secondary N) is 1. The summed E-state index contributed by atoms with van der Waals surface area (Å²) in [5, 5.41) is 21.4. The lowest BCUT2D eigenvalue weighted by Crippen LogP contribution is -2.40. The van der Waals surface area contributed by atoms with E-state index in [2.05, 4.69) is 26.0 Å². The molecule has 0 aliphatic rings. The second kappa shape index (κ2) is 7.14. The number of ether oxygens (including phenoxy) is 1. The number of aliphatic hydroxyl groups excluding tert-OH is 1. The first kappa shape index (κ1) is 16.3. The van der Waals surface area contributed by atoms with Crippen molar-refractivity contribution in [3.8, 4) is 5.75 Å². The summed E-state index contributed by atoms with van der Waals surface area (Å²) in [5.41, 5.74) is -0.723. The number of aliphatic hydroxyl groups is 2. The van der Waals surface area contributed by atoms with Crippen LogP contribution >= 0.6 is 15.9 Å². The molecule has 19 heavy (non-hydrogen) atoms. The number of rotatable bonds is 7. The van der Waals surface area contributed by atoms with Crippen LogP contribution in [0.3, 0.4) is 0 Å². The summed E-state index contributed by atoms with van der Waals surface area (Å²) in [4.78, 5) is 0. The molecule has 0 radical (unpaired) electrons. The molecule has 4 nitrogen and oxygen atoms in total. The van der Waals surface area contributed by atoms with Crippen LogP contribution in [-0.4, -0.2) is 35.6 Å². The van der Waals surface area contributed by atoms with Crippen LogP contribution in [0.15, 0.2) is 22.7 Å². The molecule has 0 saturated heterocycles. The van der Waals surface area contributed by atoms with Crippen LogP contribution in [0.2, 0.25) is 0 Å². The lowest BCUT2D eigenvalue weighted by atomic mass is 10.1. The van der Waals surface area contributed by atoms with Crippen LogP contribution < -0.4 is 10.1 Å². The summed E-state index contributed by atoms with van der Waals surface area (Å²) in [6, 6.07) is 4.70. The molecule has 1 atom stereocenters. The highest BCUT2D eigenvalue weighted by Crippen LogP contribution is 2.24. The van der Waals surface area contributed by atoms with Gasteiger partial charge in [0.15, 0.2) is 0 Å². The maximum atomic E-state index is 12.2. The normalized spacial score (nSPS) is 14.5. The molecule has 0 spiro atoms. The van der Waals surface area contributed by atoms with Crippen LogP contribution in [-0.2, 0) is 6.54 Å². The van der Waals surface area contributed by atoms with E-state index >= 15 is 0 Å². The molecule has 0 fully saturated rings. The van der Waals surface area contributed by atoms with E-state index in [1.54, 1.807) is 12.1 Å². The first-order valence-electron chi connectivity index (χ1n) is 5.61. The van der Waals surface area contributed by atoms with Crippen LogP contribution in [0.1, 0.15) is 12.5 Å². The molecular weight excluding hydrogens is 324 g/mol. The van der Waals surface area contributed by atoms with Gasteiger partial charge < -0.3 is 20.3 Å². The van der Waals surface area contributed by atoms with Gasteiger partial charge in [-0.1, -0.05) is 15.9 Å². The standard InChI is InChI=1S/C12H16BrF2NO3/c1-12(18,7-17)6-16-5-8-4-9(13)2-3-10(8)19-11(14)15/h2-4,11,16-18H,5-7H2,1H3. The van der Waals surface area contributed by atoms with Crippen molar-refractivity contribution in [2.75, 3.05) is 13.2 Å². The van der Waals surface area contributed by atoms with Crippen molar-refractivity contribution in [1.82, 2.24) is 5.32 Å². The van der Waals surface area contributed by atoms with E-state index in [-0.39, 0.29) is 18.8 Å². The maximum Gasteiger partial charge on any atom is 0.387 e. The first-order chi connectivity index (χ1) is 8.84. The third-order valence-electron chi connectivity index (χ3n) is 2.40. The van der Waals surface area contributed by atoms with Gasteiger partial charge in [0.2, 0.25) is 0 Å². The van der Waals surface area contributed by atoms with Crippen molar-refractivity contribution in [2.24, 2.45) is 0 Å². The molecule has 0 bridgehead atoms. The zero-order valence-corrected chi connectivity index (χ0v) is 12.0. The van der Waals surface area contributed by atoms with Gasteiger partial charge in [0.1, 0.15) is 5.75 Å². The Bertz CT molecular complexity index is 416. The minimum Gasteiger partial charge on any atom is -0.434 e. The minimum atomic E-state index is -2.89. The van der Waals surface area contributed by atoms with Crippen molar-refractivity contribution in [3.05, 3.63) is 28.2 Å². The fraction of sp³-hybridized carbons (Fsp3) is 0.500. The maximum absolute atomic E-state index is 12.2. The third kappa shape index (κ3) is 5.82. The second-order valence-electron chi connectivity index (χ2n) is 4.39. The van der Waals surface area contributed by atoms with E-state index in [0.29, 0.717) is 5.56 Å². The Morgan fingerprint density at radius 1 is 1.47 bits per heavy atom. The molecule has 0 amide bonds. The predicted octanol–water partition coefficient (Wildman–Crippen LogP) is 1.88. The minimum absolute atomic E-state index is 0.0781.